The van der Waals surface area contributed by atoms with Crippen molar-refractivity contribution in [1.29, 1.82) is 0 Å². The highest BCUT2D eigenvalue weighted by Crippen LogP contribution is 2.32. The third kappa shape index (κ3) is 1.85. The van der Waals surface area contributed by atoms with Gasteiger partial charge in [0, 0.05) is 18.6 Å². The van der Waals surface area contributed by atoms with E-state index < -0.39 is 0 Å². The van der Waals surface area contributed by atoms with Gasteiger partial charge in [-0.15, -0.1) is 0 Å². The predicted octanol–water partition coefficient (Wildman–Crippen LogP) is 2.35. The molecule has 94 valence electrons. The van der Waals surface area contributed by atoms with Crippen molar-refractivity contribution in [3.8, 4) is 11.4 Å². The van der Waals surface area contributed by atoms with Crippen LogP contribution in [0.15, 0.2) is 18.6 Å². The maximum atomic E-state index is 6.06. The minimum Gasteiger partial charge on any atom is -0.396 e. The van der Waals surface area contributed by atoms with E-state index in [2.05, 4.69) is 15.1 Å². The van der Waals surface area contributed by atoms with Gasteiger partial charge in [0.25, 0.3) is 0 Å². The molecule has 2 aromatic heterocycles. The van der Waals surface area contributed by atoms with Gasteiger partial charge >= 0.3 is 0 Å². The number of nitrogen functional groups attached to an aromatic ring is 1. The van der Waals surface area contributed by atoms with Gasteiger partial charge in [-0.05, 0) is 19.8 Å². The van der Waals surface area contributed by atoms with Gasteiger partial charge in [0.05, 0.1) is 17.4 Å². The Morgan fingerprint density at radius 2 is 1.89 bits per heavy atom. The second-order valence-electron chi connectivity index (χ2n) is 4.84. The van der Waals surface area contributed by atoms with Crippen LogP contribution in [0.5, 0.6) is 0 Å². The number of anilines is 1. The highest BCUT2D eigenvalue weighted by atomic mass is 15.3. The number of hydrogen-bond acceptors (Lipinski definition) is 4. The van der Waals surface area contributed by atoms with Crippen molar-refractivity contribution in [2.75, 3.05) is 5.73 Å². The van der Waals surface area contributed by atoms with Crippen molar-refractivity contribution >= 4 is 5.69 Å². The number of rotatable bonds is 2. The average Bonchev–Trinajstić information content (AvgIpc) is 2.99. The van der Waals surface area contributed by atoms with Crippen LogP contribution in [0.4, 0.5) is 5.69 Å². The summed E-state index contributed by atoms with van der Waals surface area (Å²) in [4.78, 5) is 8.57. The molecule has 0 amide bonds. The number of nitrogens with two attached hydrogens (primary N) is 1. The molecule has 0 radical (unpaired) electrons. The van der Waals surface area contributed by atoms with Crippen LogP contribution >= 0.6 is 0 Å². The van der Waals surface area contributed by atoms with E-state index in [0.29, 0.717) is 11.7 Å². The van der Waals surface area contributed by atoms with Gasteiger partial charge in [0.1, 0.15) is 11.4 Å². The monoisotopic (exact) mass is 243 g/mol. The molecular weight excluding hydrogens is 226 g/mol. The van der Waals surface area contributed by atoms with E-state index >= 15 is 0 Å². The highest BCUT2D eigenvalue weighted by Gasteiger charge is 2.20. The van der Waals surface area contributed by atoms with Crippen LogP contribution in [0, 0.1) is 6.92 Å². The minimum absolute atomic E-state index is 0.498. The van der Waals surface area contributed by atoms with Gasteiger partial charge in [-0.3, -0.25) is 14.6 Å². The van der Waals surface area contributed by atoms with Crippen LogP contribution in [-0.4, -0.2) is 19.7 Å². The highest BCUT2D eigenvalue weighted by molar-refractivity contribution is 5.70. The molecule has 2 heterocycles. The molecule has 18 heavy (non-hydrogen) atoms. The second-order valence-corrected chi connectivity index (χ2v) is 4.84. The molecular formula is C13H17N5. The molecule has 3 rings (SSSR count). The molecule has 2 aromatic rings. The Morgan fingerprint density at radius 3 is 2.61 bits per heavy atom. The molecule has 1 aliphatic rings. The van der Waals surface area contributed by atoms with Crippen LogP contribution in [-0.2, 0) is 0 Å². The maximum absolute atomic E-state index is 6.06. The third-order valence-corrected chi connectivity index (χ3v) is 3.56. The van der Waals surface area contributed by atoms with Crippen LogP contribution < -0.4 is 5.73 Å². The van der Waals surface area contributed by atoms with E-state index in [9.17, 15) is 0 Å². The van der Waals surface area contributed by atoms with E-state index in [4.69, 9.17) is 5.73 Å². The van der Waals surface area contributed by atoms with Gasteiger partial charge in [-0.25, -0.2) is 0 Å². The van der Waals surface area contributed by atoms with Gasteiger partial charge in [0.2, 0.25) is 0 Å². The quantitative estimate of drug-likeness (QED) is 0.879. The lowest BCUT2D eigenvalue weighted by Gasteiger charge is -2.08. The van der Waals surface area contributed by atoms with E-state index in [1.807, 2.05) is 17.8 Å². The van der Waals surface area contributed by atoms with Crippen molar-refractivity contribution in [3.63, 3.8) is 0 Å². The zero-order valence-corrected chi connectivity index (χ0v) is 10.5. The zero-order valence-electron chi connectivity index (χ0n) is 10.5. The largest absolute Gasteiger partial charge is 0.396 e. The molecule has 5 nitrogen and oxygen atoms in total. The molecule has 0 spiro atoms. The lowest BCUT2D eigenvalue weighted by atomic mass is 10.2. The average molecular weight is 243 g/mol. The predicted molar refractivity (Wildman–Crippen MR) is 69.9 cm³/mol. The Balaban J connectivity index is 2.00. The minimum atomic E-state index is 0.498. The molecule has 1 saturated carbocycles. The number of aromatic nitrogens is 4. The maximum Gasteiger partial charge on any atom is 0.135 e. The molecule has 1 fully saturated rings. The fourth-order valence-electron chi connectivity index (χ4n) is 2.59. The summed E-state index contributed by atoms with van der Waals surface area (Å²) in [6, 6.07) is 0.498. The number of hydrogen-bond donors (Lipinski definition) is 1. The summed E-state index contributed by atoms with van der Waals surface area (Å²) < 4.78 is 2.01. The van der Waals surface area contributed by atoms with Crippen molar-refractivity contribution in [2.45, 2.75) is 38.6 Å². The summed E-state index contributed by atoms with van der Waals surface area (Å²) in [6.07, 6.45) is 10.2. The summed E-state index contributed by atoms with van der Waals surface area (Å²) >= 11 is 0. The Bertz CT molecular complexity index is 554. The van der Waals surface area contributed by atoms with E-state index in [0.717, 1.165) is 17.1 Å². The molecule has 0 atom stereocenters. The van der Waals surface area contributed by atoms with Gasteiger partial charge in [0.15, 0.2) is 0 Å². The normalized spacial score (nSPS) is 16.3. The van der Waals surface area contributed by atoms with Crippen molar-refractivity contribution in [1.82, 2.24) is 19.7 Å². The van der Waals surface area contributed by atoms with Crippen LogP contribution in [0.1, 0.15) is 37.4 Å². The first-order valence-electron chi connectivity index (χ1n) is 6.38. The van der Waals surface area contributed by atoms with Crippen LogP contribution in [0.3, 0.4) is 0 Å². The van der Waals surface area contributed by atoms with Crippen molar-refractivity contribution in [2.24, 2.45) is 0 Å². The summed E-state index contributed by atoms with van der Waals surface area (Å²) in [5.74, 6) is 0. The smallest absolute Gasteiger partial charge is 0.135 e. The summed E-state index contributed by atoms with van der Waals surface area (Å²) in [6.45, 7) is 1.93. The first-order chi connectivity index (χ1) is 8.75. The molecule has 0 aromatic carbocycles. The molecule has 0 bridgehead atoms. The van der Waals surface area contributed by atoms with E-state index in [1.54, 1.807) is 12.4 Å². The second kappa shape index (κ2) is 4.40. The SMILES string of the molecule is Cc1nccnc1-c1nn(C2CCCC2)cc1N. The fraction of sp³-hybridized carbons (Fsp3) is 0.462. The lowest BCUT2D eigenvalue weighted by Crippen LogP contribution is -2.05. The standard InChI is InChI=1S/C13H17N5/c1-9-12(16-7-6-15-9)13-11(14)8-18(17-13)10-4-2-3-5-10/h6-8,10H,2-5,14H2,1H3. The van der Waals surface area contributed by atoms with E-state index in [-0.39, 0.29) is 0 Å². The molecule has 2 N–H and O–H groups in total. The fourth-order valence-corrected chi connectivity index (χ4v) is 2.59. The Labute approximate surface area is 106 Å². The molecule has 0 unspecified atom stereocenters. The Kier molecular flexibility index (Phi) is 2.74. The topological polar surface area (TPSA) is 69.6 Å². The van der Waals surface area contributed by atoms with Crippen molar-refractivity contribution in [3.05, 3.63) is 24.3 Å². The Hall–Kier alpha value is -1.91. The van der Waals surface area contributed by atoms with Gasteiger partial charge < -0.3 is 5.73 Å². The first-order valence-corrected chi connectivity index (χ1v) is 6.38. The number of nitrogens with zero attached hydrogens (tertiary/aromatic N) is 4. The van der Waals surface area contributed by atoms with Gasteiger partial charge in [-0.1, -0.05) is 12.8 Å². The molecule has 0 saturated heterocycles. The first kappa shape index (κ1) is 11.2. The third-order valence-electron chi connectivity index (χ3n) is 3.56. The summed E-state index contributed by atoms with van der Waals surface area (Å²) in [5, 5.41) is 4.61. The molecule has 1 aliphatic carbocycles. The lowest BCUT2D eigenvalue weighted by molar-refractivity contribution is 0.468. The Morgan fingerprint density at radius 1 is 1.17 bits per heavy atom. The molecule has 5 heteroatoms. The van der Waals surface area contributed by atoms with Gasteiger partial charge in [-0.2, -0.15) is 5.10 Å². The zero-order chi connectivity index (χ0) is 12.5. The summed E-state index contributed by atoms with van der Waals surface area (Å²) in [5.41, 5.74) is 9.15. The summed E-state index contributed by atoms with van der Waals surface area (Å²) in [7, 11) is 0. The van der Waals surface area contributed by atoms with Crippen LogP contribution in [0.2, 0.25) is 0 Å². The molecule has 0 aliphatic heterocycles. The van der Waals surface area contributed by atoms with Crippen molar-refractivity contribution < 1.29 is 0 Å². The number of aryl methyl sites for hydroxylation is 1. The van der Waals surface area contributed by atoms with Crippen LogP contribution in [0.25, 0.3) is 11.4 Å². The van der Waals surface area contributed by atoms with E-state index in [1.165, 1.54) is 25.7 Å².